The first kappa shape index (κ1) is 17.3. The predicted octanol–water partition coefficient (Wildman–Crippen LogP) is 4.21. The average molecular weight is 318 g/mol. The molecule has 20 heavy (non-hydrogen) atoms. The van der Waals surface area contributed by atoms with Gasteiger partial charge in [-0.3, -0.25) is 0 Å². The molecule has 0 aliphatic heterocycles. The van der Waals surface area contributed by atoms with E-state index in [0.717, 1.165) is 16.7 Å². The molecule has 0 aliphatic rings. The average Bonchev–Trinajstić information content (AvgIpc) is 2.37. The van der Waals surface area contributed by atoms with E-state index in [1.165, 1.54) is 0 Å². The molecule has 112 valence electrons. The van der Waals surface area contributed by atoms with Crippen LogP contribution in [0.4, 0.5) is 0 Å². The van der Waals surface area contributed by atoms with Crippen LogP contribution in [0.1, 0.15) is 25.0 Å². The largest absolute Gasteiger partial charge is 0.385 e. The van der Waals surface area contributed by atoms with E-state index in [4.69, 9.17) is 32.5 Å². The minimum absolute atomic E-state index is 0.269. The molecule has 1 atom stereocenters. The van der Waals surface area contributed by atoms with Gasteiger partial charge < -0.3 is 14.3 Å². The number of allylic oxidation sites excluding steroid dienone is 1. The Balaban J connectivity index is 3.29. The molecule has 5 heteroatoms. The maximum Gasteiger partial charge on any atom is 0.155 e. The zero-order valence-corrected chi connectivity index (χ0v) is 14.0. The lowest BCUT2D eigenvalue weighted by molar-refractivity contribution is 0.147. The van der Waals surface area contributed by atoms with E-state index in [9.17, 15) is 0 Å². The maximum absolute atomic E-state index is 6.03. The van der Waals surface area contributed by atoms with Crippen LogP contribution in [-0.2, 0) is 4.74 Å². The first-order valence-corrected chi connectivity index (χ1v) is 7.02. The van der Waals surface area contributed by atoms with Crippen molar-refractivity contribution in [3.63, 3.8) is 0 Å². The van der Waals surface area contributed by atoms with Crippen molar-refractivity contribution in [2.24, 2.45) is 0 Å². The highest BCUT2D eigenvalue weighted by molar-refractivity contribution is 6.31. The fraction of sp³-hybridized carbons (Fsp3) is 0.467. The van der Waals surface area contributed by atoms with Crippen LogP contribution in [0, 0.1) is 6.92 Å². The zero-order valence-electron chi connectivity index (χ0n) is 12.5. The topological polar surface area (TPSA) is 30.5 Å². The number of ether oxygens (including phenoxy) is 1. The van der Waals surface area contributed by atoms with Gasteiger partial charge in [0.25, 0.3) is 0 Å². The number of hydrogen-bond donors (Lipinski definition) is 1. The second-order valence-corrected chi connectivity index (χ2v) is 5.69. The van der Waals surface area contributed by atoms with Gasteiger partial charge in [0.1, 0.15) is 11.9 Å². The van der Waals surface area contributed by atoms with Crippen molar-refractivity contribution >= 4 is 29.0 Å². The second-order valence-electron chi connectivity index (χ2n) is 5.10. The molecule has 3 nitrogen and oxygen atoms in total. The Morgan fingerprint density at radius 3 is 2.60 bits per heavy atom. The number of rotatable bonds is 6. The van der Waals surface area contributed by atoms with Crippen LogP contribution < -0.4 is 9.61 Å². The molecule has 1 unspecified atom stereocenters. The van der Waals surface area contributed by atoms with Crippen LogP contribution in [0.25, 0.3) is 5.57 Å². The summed E-state index contributed by atoms with van der Waals surface area (Å²) in [6, 6.07) is 3.60. The summed E-state index contributed by atoms with van der Waals surface area (Å²) < 4.78 is 10.2. The molecular formula is C15H21Cl2NO2. The highest BCUT2D eigenvalue weighted by Gasteiger charge is 2.21. The number of hydrogen-bond acceptors (Lipinski definition) is 3. The third-order valence-electron chi connectivity index (χ3n) is 3.29. The standard InChI is InChI=1S/C15H21Cl2NO2/c1-10-6-12(16)7-13(20-17)14(10)11(2)8-15(3,18-4)9-19-5/h6-8,18H,9H2,1-5H3/b11-8+. The summed E-state index contributed by atoms with van der Waals surface area (Å²) in [5.74, 6) is 0.557. The monoisotopic (exact) mass is 317 g/mol. The Labute approximate surface area is 131 Å². The summed E-state index contributed by atoms with van der Waals surface area (Å²) in [7, 11) is 3.58. The molecule has 0 spiro atoms. The Morgan fingerprint density at radius 2 is 2.10 bits per heavy atom. The SMILES string of the molecule is CNC(C)(/C=C(\C)c1c(C)cc(Cl)cc1OCl)COC. The van der Waals surface area contributed by atoms with Crippen LogP contribution in [0.15, 0.2) is 18.2 Å². The summed E-state index contributed by atoms with van der Waals surface area (Å²) in [6.45, 7) is 6.61. The summed E-state index contributed by atoms with van der Waals surface area (Å²) in [6.07, 6.45) is 2.10. The van der Waals surface area contributed by atoms with E-state index in [1.54, 1.807) is 13.2 Å². The van der Waals surface area contributed by atoms with Crippen molar-refractivity contribution < 1.29 is 9.03 Å². The summed E-state index contributed by atoms with van der Waals surface area (Å²) in [5.41, 5.74) is 2.73. The molecule has 0 saturated carbocycles. The Kier molecular flexibility index (Phi) is 6.34. The molecule has 0 bridgehead atoms. The number of halogens is 2. The van der Waals surface area contributed by atoms with E-state index in [1.807, 2.05) is 27.0 Å². The van der Waals surface area contributed by atoms with Gasteiger partial charge in [-0.05, 0) is 45.0 Å². The number of methoxy groups -OCH3 is 1. The molecule has 0 heterocycles. The van der Waals surface area contributed by atoms with Gasteiger partial charge in [-0.2, -0.15) is 0 Å². The normalized spacial score (nSPS) is 15.1. The van der Waals surface area contributed by atoms with Crippen molar-refractivity contribution in [1.29, 1.82) is 0 Å². The molecular weight excluding hydrogens is 297 g/mol. The zero-order chi connectivity index (χ0) is 15.3. The van der Waals surface area contributed by atoms with Gasteiger partial charge >= 0.3 is 0 Å². The molecule has 0 aromatic heterocycles. The van der Waals surface area contributed by atoms with Crippen LogP contribution in [0.2, 0.25) is 5.02 Å². The first-order chi connectivity index (χ1) is 9.36. The van der Waals surface area contributed by atoms with Crippen molar-refractivity contribution in [1.82, 2.24) is 5.32 Å². The van der Waals surface area contributed by atoms with E-state index in [2.05, 4.69) is 18.3 Å². The van der Waals surface area contributed by atoms with Gasteiger partial charge in [0.2, 0.25) is 0 Å². The van der Waals surface area contributed by atoms with Gasteiger partial charge in [-0.15, -0.1) is 0 Å². The van der Waals surface area contributed by atoms with Crippen LogP contribution >= 0.6 is 23.5 Å². The lowest BCUT2D eigenvalue weighted by Crippen LogP contribution is -2.42. The molecule has 0 fully saturated rings. The van der Waals surface area contributed by atoms with E-state index >= 15 is 0 Å². The van der Waals surface area contributed by atoms with Crippen molar-refractivity contribution in [3.05, 3.63) is 34.4 Å². The molecule has 0 radical (unpaired) electrons. The Hall–Kier alpha value is -0.740. The molecule has 0 amide bonds. The molecule has 0 aliphatic carbocycles. The summed E-state index contributed by atoms with van der Waals surface area (Å²) in [4.78, 5) is 0. The lowest BCUT2D eigenvalue weighted by Gasteiger charge is -2.26. The van der Waals surface area contributed by atoms with Crippen molar-refractivity contribution in [2.75, 3.05) is 20.8 Å². The lowest BCUT2D eigenvalue weighted by atomic mass is 9.94. The third kappa shape index (κ3) is 4.13. The van der Waals surface area contributed by atoms with Crippen LogP contribution in [0.3, 0.4) is 0 Å². The molecule has 1 rings (SSSR count). The highest BCUT2D eigenvalue weighted by Crippen LogP contribution is 2.34. The molecule has 0 saturated heterocycles. The number of aryl methyl sites for hydroxylation is 1. The third-order valence-corrected chi connectivity index (χ3v) is 3.68. The number of likely N-dealkylation sites (N-methyl/N-ethyl adjacent to an activating group) is 1. The summed E-state index contributed by atoms with van der Waals surface area (Å²) in [5, 5.41) is 3.85. The maximum atomic E-state index is 6.03. The van der Waals surface area contributed by atoms with Gasteiger partial charge in [-0.1, -0.05) is 17.7 Å². The number of nitrogens with one attached hydrogen (secondary N) is 1. The van der Waals surface area contributed by atoms with E-state index < -0.39 is 0 Å². The van der Waals surface area contributed by atoms with E-state index in [0.29, 0.717) is 17.4 Å². The summed E-state index contributed by atoms with van der Waals surface area (Å²) >= 11 is 11.6. The quantitative estimate of drug-likeness (QED) is 0.852. The molecule has 1 N–H and O–H groups in total. The fourth-order valence-electron chi connectivity index (χ4n) is 2.31. The Bertz CT molecular complexity index is 503. The highest BCUT2D eigenvalue weighted by atomic mass is 35.5. The number of benzene rings is 1. The van der Waals surface area contributed by atoms with Gasteiger partial charge in [-0.25, -0.2) is 0 Å². The van der Waals surface area contributed by atoms with E-state index in [-0.39, 0.29) is 5.54 Å². The van der Waals surface area contributed by atoms with Gasteiger partial charge in [0.05, 0.1) is 12.1 Å². The second kappa shape index (κ2) is 7.32. The fourth-order valence-corrected chi connectivity index (χ4v) is 2.70. The van der Waals surface area contributed by atoms with Crippen molar-refractivity contribution in [3.8, 4) is 5.75 Å². The minimum Gasteiger partial charge on any atom is -0.385 e. The Morgan fingerprint density at radius 1 is 1.45 bits per heavy atom. The first-order valence-electron chi connectivity index (χ1n) is 6.33. The molecule has 1 aromatic rings. The minimum atomic E-state index is -0.269. The van der Waals surface area contributed by atoms with Crippen LogP contribution in [-0.4, -0.2) is 26.3 Å². The predicted molar refractivity (Wildman–Crippen MR) is 85.7 cm³/mol. The van der Waals surface area contributed by atoms with Crippen LogP contribution in [0.5, 0.6) is 5.75 Å². The van der Waals surface area contributed by atoms with Gasteiger partial charge in [0, 0.05) is 23.8 Å². The smallest absolute Gasteiger partial charge is 0.155 e. The van der Waals surface area contributed by atoms with Gasteiger partial charge in [0.15, 0.2) is 5.75 Å². The molecule has 1 aromatic carbocycles. The van der Waals surface area contributed by atoms with Crippen molar-refractivity contribution in [2.45, 2.75) is 26.3 Å².